The van der Waals surface area contributed by atoms with Gasteiger partial charge in [-0.2, -0.15) is 9.98 Å². The fourth-order valence-electron chi connectivity index (χ4n) is 1.02. The van der Waals surface area contributed by atoms with Crippen molar-refractivity contribution >= 4 is 12.4 Å². The molecule has 0 saturated heterocycles. The maximum absolute atomic E-state index is 10.7. The molecule has 1 heterocycles. The Balaban J connectivity index is 3.06. The van der Waals surface area contributed by atoms with Crippen LogP contribution in [-0.4, -0.2) is 28.2 Å². The first-order chi connectivity index (χ1) is 6.00. The number of aliphatic imine (C=N–C) groups is 2. The van der Waals surface area contributed by atoms with E-state index >= 15 is 0 Å². The van der Waals surface area contributed by atoms with Gasteiger partial charge in [-0.1, -0.05) is 6.58 Å². The van der Waals surface area contributed by atoms with Crippen molar-refractivity contribution in [3.05, 3.63) is 22.5 Å². The molecule has 1 rings (SSSR count). The minimum absolute atomic E-state index is 0.298. The molecule has 0 saturated carbocycles. The molecule has 0 aliphatic carbocycles. The van der Waals surface area contributed by atoms with Crippen molar-refractivity contribution in [1.82, 2.24) is 0 Å². The summed E-state index contributed by atoms with van der Waals surface area (Å²) in [6, 6.07) is 0. The van der Waals surface area contributed by atoms with Crippen molar-refractivity contribution in [3.63, 3.8) is 0 Å². The summed E-state index contributed by atoms with van der Waals surface area (Å²) < 4.78 is 0. The third kappa shape index (κ3) is 1.30. The van der Waals surface area contributed by atoms with Gasteiger partial charge in [0.05, 0.1) is 10.7 Å². The number of aliphatic hydroxyl groups is 1. The highest BCUT2D eigenvalue weighted by Gasteiger charge is 2.50. The minimum Gasteiger partial charge on any atom is -0.512 e. The van der Waals surface area contributed by atoms with Crippen LogP contribution in [-0.2, 0) is 0 Å². The molecule has 13 heavy (non-hydrogen) atoms. The van der Waals surface area contributed by atoms with Crippen LogP contribution in [0.3, 0.4) is 0 Å². The van der Waals surface area contributed by atoms with Gasteiger partial charge in [0.2, 0.25) is 0 Å². The molecule has 0 spiro atoms. The largest absolute Gasteiger partial charge is 0.512 e. The van der Waals surface area contributed by atoms with E-state index in [1.807, 2.05) is 0 Å². The molecular weight excluding hydrogens is 174 g/mol. The molecule has 1 aliphatic rings. The maximum Gasteiger partial charge on any atom is 0.421 e. The summed E-state index contributed by atoms with van der Waals surface area (Å²) in [5.41, 5.74) is 0. The number of nitro groups is 1. The van der Waals surface area contributed by atoms with E-state index in [0.717, 1.165) is 0 Å². The van der Waals surface area contributed by atoms with Gasteiger partial charge < -0.3 is 5.11 Å². The average Bonchev–Trinajstić information content (AvgIpc) is 2.51. The van der Waals surface area contributed by atoms with Gasteiger partial charge in [-0.15, -0.1) is 0 Å². The number of hydrogen-bond donors (Lipinski definition) is 1. The van der Waals surface area contributed by atoms with Crippen LogP contribution in [0.4, 0.5) is 0 Å². The second kappa shape index (κ2) is 2.96. The van der Waals surface area contributed by atoms with Crippen LogP contribution in [0.1, 0.15) is 6.92 Å². The quantitative estimate of drug-likeness (QED) is 0.398. The Morgan fingerprint density at radius 1 is 1.69 bits per heavy atom. The smallest absolute Gasteiger partial charge is 0.421 e. The first kappa shape index (κ1) is 9.37. The Labute approximate surface area is 74.5 Å². The fourth-order valence-corrected chi connectivity index (χ4v) is 1.02. The van der Waals surface area contributed by atoms with E-state index in [2.05, 4.69) is 16.6 Å². The van der Waals surface area contributed by atoms with Crippen LogP contribution in [0.25, 0.3) is 0 Å². The van der Waals surface area contributed by atoms with Gasteiger partial charge in [-0.05, 0) is 6.92 Å². The number of rotatable bonds is 3. The second-order valence-corrected chi connectivity index (χ2v) is 2.71. The zero-order valence-corrected chi connectivity index (χ0v) is 7.04. The molecule has 1 atom stereocenters. The Kier molecular flexibility index (Phi) is 2.14. The third-order valence-electron chi connectivity index (χ3n) is 1.95. The van der Waals surface area contributed by atoms with Crippen LogP contribution < -0.4 is 0 Å². The fraction of sp³-hybridized carbons (Fsp3) is 0.429. The Morgan fingerprint density at radius 3 is 2.46 bits per heavy atom. The highest BCUT2D eigenvalue weighted by Crippen LogP contribution is 2.29. The normalized spacial score (nSPS) is 20.1. The molecule has 0 aromatic heterocycles. The van der Waals surface area contributed by atoms with Crippen LogP contribution in [0.15, 0.2) is 22.3 Å². The highest BCUT2D eigenvalue weighted by molar-refractivity contribution is 6.17. The van der Waals surface area contributed by atoms with Gasteiger partial charge in [-0.25, -0.2) is 0 Å². The van der Waals surface area contributed by atoms with Gasteiger partial charge in [0.15, 0.2) is 0 Å². The van der Waals surface area contributed by atoms with E-state index in [4.69, 9.17) is 5.11 Å². The van der Waals surface area contributed by atoms with Crippen LogP contribution in [0.5, 0.6) is 0 Å². The van der Waals surface area contributed by atoms with Crippen molar-refractivity contribution in [1.29, 1.82) is 0 Å². The van der Waals surface area contributed by atoms with Crippen molar-refractivity contribution in [3.8, 4) is 0 Å². The molecule has 1 N–H and O–H groups in total. The SMILES string of the molecule is C=C(O)C(C)C1([N+](=O)[O-])N=CC=N1. The predicted octanol–water partition coefficient (Wildman–Crippen LogP) is 0.780. The molecule has 1 unspecified atom stereocenters. The lowest BCUT2D eigenvalue weighted by Crippen LogP contribution is -2.40. The van der Waals surface area contributed by atoms with Gasteiger partial charge in [-0.3, -0.25) is 10.1 Å². The summed E-state index contributed by atoms with van der Waals surface area (Å²) >= 11 is 0. The van der Waals surface area contributed by atoms with E-state index in [1.165, 1.54) is 19.4 Å². The van der Waals surface area contributed by atoms with Crippen LogP contribution in [0, 0.1) is 16.0 Å². The molecule has 0 fully saturated rings. The highest BCUT2D eigenvalue weighted by atomic mass is 16.6. The molecule has 6 nitrogen and oxygen atoms in total. The Bertz CT molecular complexity index is 296. The molecule has 0 aromatic rings. The second-order valence-electron chi connectivity index (χ2n) is 2.71. The monoisotopic (exact) mass is 183 g/mol. The van der Waals surface area contributed by atoms with Crippen LogP contribution in [0.2, 0.25) is 0 Å². The molecule has 0 amide bonds. The summed E-state index contributed by atoms with van der Waals surface area (Å²) in [4.78, 5) is 17.3. The molecule has 0 radical (unpaired) electrons. The molecule has 0 bridgehead atoms. The Morgan fingerprint density at radius 2 is 2.15 bits per heavy atom. The predicted molar refractivity (Wildman–Crippen MR) is 47.6 cm³/mol. The van der Waals surface area contributed by atoms with Crippen molar-refractivity contribution in [2.45, 2.75) is 12.7 Å². The number of nitrogens with zero attached hydrogens (tertiary/aromatic N) is 3. The lowest BCUT2D eigenvalue weighted by Gasteiger charge is -2.19. The van der Waals surface area contributed by atoms with Crippen molar-refractivity contribution in [2.24, 2.45) is 15.9 Å². The summed E-state index contributed by atoms with van der Waals surface area (Å²) in [6.07, 6.45) is 2.48. The zero-order chi connectivity index (χ0) is 10.1. The van der Waals surface area contributed by atoms with Gasteiger partial charge >= 0.3 is 5.79 Å². The first-order valence-corrected chi connectivity index (χ1v) is 3.62. The summed E-state index contributed by atoms with van der Waals surface area (Å²) in [6.45, 7) is 4.68. The lowest BCUT2D eigenvalue weighted by molar-refractivity contribution is -0.574. The van der Waals surface area contributed by atoms with Gasteiger partial charge in [0.25, 0.3) is 0 Å². The molecule has 70 valence electrons. The summed E-state index contributed by atoms with van der Waals surface area (Å²) in [5, 5.41) is 19.7. The zero-order valence-electron chi connectivity index (χ0n) is 7.04. The molecular formula is C7H9N3O3. The Hall–Kier alpha value is -1.72. The standard InChI is InChI=1S/C7H9N3O3/c1-5(6(2)11)7(10(12)13)8-3-4-9-7/h3-5,11H,2H2,1H3. The summed E-state index contributed by atoms with van der Waals surface area (Å²) in [7, 11) is 0. The minimum atomic E-state index is -1.81. The first-order valence-electron chi connectivity index (χ1n) is 3.62. The van der Waals surface area contributed by atoms with E-state index in [9.17, 15) is 10.1 Å². The van der Waals surface area contributed by atoms with E-state index in [-0.39, 0.29) is 5.76 Å². The number of hydrogen-bond acceptors (Lipinski definition) is 5. The molecule has 6 heteroatoms. The van der Waals surface area contributed by atoms with Crippen LogP contribution >= 0.6 is 0 Å². The summed E-state index contributed by atoms with van der Waals surface area (Å²) in [5.74, 6) is -2.95. The van der Waals surface area contributed by atoms with E-state index in [1.54, 1.807) is 0 Å². The molecule has 1 aliphatic heterocycles. The topological polar surface area (TPSA) is 88.1 Å². The van der Waals surface area contributed by atoms with E-state index < -0.39 is 16.6 Å². The van der Waals surface area contributed by atoms with Gasteiger partial charge in [0, 0.05) is 12.4 Å². The lowest BCUT2D eigenvalue weighted by atomic mass is 10.0. The van der Waals surface area contributed by atoms with Crippen molar-refractivity contribution < 1.29 is 10.0 Å². The molecule has 0 aromatic carbocycles. The maximum atomic E-state index is 10.7. The van der Waals surface area contributed by atoms with Gasteiger partial charge in [0.1, 0.15) is 5.92 Å². The van der Waals surface area contributed by atoms with E-state index in [0.29, 0.717) is 0 Å². The number of aliphatic hydroxyl groups excluding tert-OH is 1. The average molecular weight is 183 g/mol. The third-order valence-corrected chi connectivity index (χ3v) is 1.95. The van der Waals surface area contributed by atoms with Crippen molar-refractivity contribution in [2.75, 3.05) is 0 Å².